The Balaban J connectivity index is 1.45. The van der Waals surface area contributed by atoms with Crippen molar-refractivity contribution < 1.29 is 19.3 Å². The third-order valence-electron chi connectivity index (χ3n) is 5.56. The van der Waals surface area contributed by atoms with Crippen molar-refractivity contribution in [3.8, 4) is 0 Å². The summed E-state index contributed by atoms with van der Waals surface area (Å²) in [5.41, 5.74) is 0.620. The maximum absolute atomic E-state index is 12.8. The standard InChI is InChI=1S/C20H27ClN4O3/c1-15(26)25-8-4-5-16(13-25)20(28)24-11-9-23(10-12-24)14-19(27)22-18-7-3-2-6-17(18)21/h2-3,6-7,16H,4-5,8-14H2,1H3,(H,22,27)/p+1/t16-/m1/s1. The molecule has 3 rings (SSSR count). The van der Waals surface area contributed by atoms with Gasteiger partial charge in [-0.1, -0.05) is 23.7 Å². The third-order valence-corrected chi connectivity index (χ3v) is 5.89. The first-order valence-electron chi connectivity index (χ1n) is 9.86. The van der Waals surface area contributed by atoms with E-state index < -0.39 is 0 Å². The van der Waals surface area contributed by atoms with E-state index in [1.54, 1.807) is 24.0 Å². The van der Waals surface area contributed by atoms with Gasteiger partial charge in [-0.15, -0.1) is 0 Å². The van der Waals surface area contributed by atoms with Crippen LogP contribution in [0.25, 0.3) is 0 Å². The fourth-order valence-electron chi connectivity index (χ4n) is 3.93. The van der Waals surface area contributed by atoms with E-state index in [1.807, 2.05) is 17.0 Å². The van der Waals surface area contributed by atoms with Gasteiger partial charge in [-0.25, -0.2) is 0 Å². The van der Waals surface area contributed by atoms with Gasteiger partial charge >= 0.3 is 0 Å². The molecule has 2 saturated heterocycles. The van der Waals surface area contributed by atoms with E-state index in [4.69, 9.17) is 11.6 Å². The molecule has 2 N–H and O–H groups in total. The first-order valence-corrected chi connectivity index (χ1v) is 10.2. The molecule has 2 heterocycles. The van der Waals surface area contributed by atoms with Gasteiger partial charge in [0, 0.05) is 20.0 Å². The summed E-state index contributed by atoms with van der Waals surface area (Å²) in [5, 5.41) is 3.37. The van der Waals surface area contributed by atoms with Crippen molar-refractivity contribution >= 4 is 35.0 Å². The maximum atomic E-state index is 12.8. The number of likely N-dealkylation sites (tertiary alicyclic amines) is 1. The molecule has 0 spiro atoms. The van der Waals surface area contributed by atoms with Gasteiger partial charge in [0.25, 0.3) is 5.91 Å². The van der Waals surface area contributed by atoms with Crippen molar-refractivity contribution in [2.24, 2.45) is 5.92 Å². The van der Waals surface area contributed by atoms with Crippen LogP contribution in [0, 0.1) is 5.92 Å². The number of amides is 3. The molecule has 7 nitrogen and oxygen atoms in total. The highest BCUT2D eigenvalue weighted by Gasteiger charge is 2.33. The molecule has 152 valence electrons. The molecular formula is C20H28ClN4O3+. The second kappa shape index (κ2) is 9.39. The molecule has 2 aliphatic heterocycles. The quantitative estimate of drug-likeness (QED) is 0.752. The number of nitrogens with zero attached hydrogens (tertiary/aromatic N) is 2. The molecule has 8 heteroatoms. The Morgan fingerprint density at radius 2 is 1.86 bits per heavy atom. The average Bonchev–Trinajstić information content (AvgIpc) is 2.70. The number of quaternary nitrogens is 1. The lowest BCUT2D eigenvalue weighted by atomic mass is 9.96. The van der Waals surface area contributed by atoms with Crippen molar-refractivity contribution in [1.29, 1.82) is 0 Å². The molecule has 1 aromatic rings. The molecule has 0 aromatic heterocycles. The van der Waals surface area contributed by atoms with E-state index >= 15 is 0 Å². The summed E-state index contributed by atoms with van der Waals surface area (Å²) in [6, 6.07) is 7.17. The highest BCUT2D eigenvalue weighted by Crippen LogP contribution is 2.20. The van der Waals surface area contributed by atoms with Crippen LogP contribution >= 0.6 is 11.6 Å². The van der Waals surface area contributed by atoms with Crippen LogP contribution in [0.4, 0.5) is 5.69 Å². The van der Waals surface area contributed by atoms with Crippen LogP contribution in [0.2, 0.25) is 5.02 Å². The number of piperidine rings is 1. The van der Waals surface area contributed by atoms with Crippen LogP contribution < -0.4 is 10.2 Å². The second-order valence-corrected chi connectivity index (χ2v) is 7.99. The highest BCUT2D eigenvalue weighted by molar-refractivity contribution is 6.33. The van der Waals surface area contributed by atoms with Gasteiger partial charge in [0.15, 0.2) is 6.54 Å². The Morgan fingerprint density at radius 1 is 1.14 bits per heavy atom. The zero-order valence-corrected chi connectivity index (χ0v) is 17.0. The van der Waals surface area contributed by atoms with E-state index in [9.17, 15) is 14.4 Å². The zero-order chi connectivity index (χ0) is 20.1. The molecule has 28 heavy (non-hydrogen) atoms. The minimum atomic E-state index is -0.0947. The molecule has 0 bridgehead atoms. The molecule has 2 fully saturated rings. The minimum Gasteiger partial charge on any atom is -0.342 e. The van der Waals surface area contributed by atoms with E-state index in [1.165, 1.54) is 0 Å². The molecule has 0 unspecified atom stereocenters. The number of anilines is 1. The number of carbonyl (C=O) groups excluding carboxylic acids is 3. The van der Waals surface area contributed by atoms with Crippen LogP contribution in [-0.4, -0.2) is 73.3 Å². The summed E-state index contributed by atoms with van der Waals surface area (Å²) >= 11 is 6.08. The highest BCUT2D eigenvalue weighted by atomic mass is 35.5. The molecule has 1 atom stereocenters. The molecule has 0 aliphatic carbocycles. The summed E-state index contributed by atoms with van der Waals surface area (Å²) in [5.74, 6) is 0.0109. The van der Waals surface area contributed by atoms with Gasteiger partial charge in [-0.3, -0.25) is 14.4 Å². The molecule has 1 aromatic carbocycles. The van der Waals surface area contributed by atoms with Gasteiger partial charge in [-0.05, 0) is 25.0 Å². The number of halogens is 1. The Hall–Kier alpha value is -2.12. The number of hydrogen-bond donors (Lipinski definition) is 2. The molecule has 0 saturated carbocycles. The second-order valence-electron chi connectivity index (χ2n) is 7.58. The lowest BCUT2D eigenvalue weighted by molar-refractivity contribution is -0.895. The smallest absolute Gasteiger partial charge is 0.279 e. The summed E-state index contributed by atoms with van der Waals surface area (Å²) < 4.78 is 0. The number of nitrogens with one attached hydrogen (secondary N) is 2. The summed E-state index contributed by atoms with van der Waals surface area (Å²) in [7, 11) is 0. The lowest BCUT2D eigenvalue weighted by Crippen LogP contribution is -3.15. The van der Waals surface area contributed by atoms with Gasteiger partial charge in [0.05, 0.1) is 42.8 Å². The zero-order valence-electron chi connectivity index (χ0n) is 16.2. The number of hydrogen-bond acceptors (Lipinski definition) is 3. The number of rotatable bonds is 4. The lowest BCUT2D eigenvalue weighted by Gasteiger charge is -2.37. The fraction of sp³-hybridized carbons (Fsp3) is 0.550. The van der Waals surface area contributed by atoms with Gasteiger partial charge < -0.3 is 20.0 Å². The van der Waals surface area contributed by atoms with Crippen molar-refractivity contribution in [1.82, 2.24) is 9.80 Å². The van der Waals surface area contributed by atoms with E-state index in [0.717, 1.165) is 37.4 Å². The average molecular weight is 408 g/mol. The van der Waals surface area contributed by atoms with Crippen LogP contribution in [0.5, 0.6) is 0 Å². The van der Waals surface area contributed by atoms with Gasteiger partial charge in [0.2, 0.25) is 11.8 Å². The summed E-state index contributed by atoms with van der Waals surface area (Å²) in [6.07, 6.45) is 1.72. The Kier molecular flexibility index (Phi) is 6.91. The number of para-hydroxylation sites is 1. The Morgan fingerprint density at radius 3 is 2.54 bits per heavy atom. The largest absolute Gasteiger partial charge is 0.342 e. The van der Waals surface area contributed by atoms with Crippen LogP contribution in [0.1, 0.15) is 19.8 Å². The molecular weight excluding hydrogens is 380 g/mol. The predicted octanol–water partition coefficient (Wildman–Crippen LogP) is 0.264. The van der Waals surface area contributed by atoms with Crippen molar-refractivity contribution in [3.05, 3.63) is 29.3 Å². The van der Waals surface area contributed by atoms with Gasteiger partial charge in [-0.2, -0.15) is 0 Å². The van der Waals surface area contributed by atoms with Crippen LogP contribution in [0.3, 0.4) is 0 Å². The van der Waals surface area contributed by atoms with Crippen molar-refractivity contribution in [2.75, 3.05) is 51.1 Å². The predicted molar refractivity (Wildman–Crippen MR) is 107 cm³/mol. The molecule has 0 radical (unpaired) electrons. The van der Waals surface area contributed by atoms with Crippen LogP contribution in [-0.2, 0) is 14.4 Å². The van der Waals surface area contributed by atoms with Crippen molar-refractivity contribution in [2.45, 2.75) is 19.8 Å². The minimum absolute atomic E-state index is 0.0382. The monoisotopic (exact) mass is 407 g/mol. The first kappa shape index (κ1) is 20.6. The number of benzene rings is 1. The Bertz CT molecular complexity index is 734. The molecule has 2 aliphatic rings. The van der Waals surface area contributed by atoms with Crippen LogP contribution in [0.15, 0.2) is 24.3 Å². The Labute approximate surface area is 170 Å². The fourth-order valence-corrected chi connectivity index (χ4v) is 4.11. The number of carbonyl (C=O) groups is 3. The molecule has 3 amide bonds. The van der Waals surface area contributed by atoms with E-state index in [-0.39, 0.29) is 23.6 Å². The van der Waals surface area contributed by atoms with E-state index in [2.05, 4.69) is 5.32 Å². The number of piperazine rings is 1. The van der Waals surface area contributed by atoms with Gasteiger partial charge in [0.1, 0.15) is 0 Å². The maximum Gasteiger partial charge on any atom is 0.279 e. The van der Waals surface area contributed by atoms with Crippen molar-refractivity contribution in [3.63, 3.8) is 0 Å². The third kappa shape index (κ3) is 5.23. The SMILES string of the molecule is CC(=O)N1CCC[C@@H](C(=O)N2CC[NH+](CC(=O)Nc3ccccc3Cl)CC2)C1. The summed E-state index contributed by atoms with van der Waals surface area (Å²) in [6.45, 7) is 5.96. The summed E-state index contributed by atoms with van der Waals surface area (Å²) in [4.78, 5) is 41.5. The first-order chi connectivity index (χ1) is 13.4. The normalized spacial score (nSPS) is 20.7. The topological polar surface area (TPSA) is 74.2 Å². The van der Waals surface area contributed by atoms with E-state index in [0.29, 0.717) is 36.9 Å².